The Morgan fingerprint density at radius 3 is 2.32 bits per heavy atom. The zero-order chi connectivity index (χ0) is 18.6. The molecule has 2 rings (SSSR count). The van der Waals surface area contributed by atoms with Gasteiger partial charge in [-0.25, -0.2) is 9.97 Å². The highest BCUT2D eigenvalue weighted by molar-refractivity contribution is 8.00. The summed E-state index contributed by atoms with van der Waals surface area (Å²) in [7, 11) is 0. The Morgan fingerprint density at radius 2 is 1.72 bits per heavy atom. The third kappa shape index (κ3) is 4.82. The molecule has 2 aromatic rings. The van der Waals surface area contributed by atoms with Crippen LogP contribution < -0.4 is 5.32 Å². The number of anilines is 1. The lowest BCUT2D eigenvalue weighted by molar-refractivity contribution is -0.115. The Hall–Kier alpha value is -1.88. The molecule has 25 heavy (non-hydrogen) atoms. The van der Waals surface area contributed by atoms with E-state index in [1.807, 2.05) is 45.9 Å². The maximum absolute atomic E-state index is 12.6. The molecule has 1 N–H and O–H groups in total. The second-order valence-electron chi connectivity index (χ2n) is 6.45. The molecule has 0 aliphatic rings. The number of thioether (sulfide) groups is 1. The summed E-state index contributed by atoms with van der Waals surface area (Å²) in [5.41, 5.74) is 5.10. The summed E-state index contributed by atoms with van der Waals surface area (Å²) in [6, 6.07) is 8.01. The van der Waals surface area contributed by atoms with Crippen molar-refractivity contribution in [3.8, 4) is 0 Å². The molecule has 0 spiro atoms. The number of nitrogens with one attached hydrogen (secondary N) is 1. The number of hydrogen-bond acceptors (Lipinski definition) is 4. The monoisotopic (exact) mass is 357 g/mol. The van der Waals surface area contributed by atoms with Gasteiger partial charge in [0.15, 0.2) is 5.16 Å². The van der Waals surface area contributed by atoms with Gasteiger partial charge in [0.05, 0.1) is 5.25 Å². The van der Waals surface area contributed by atoms with Crippen LogP contribution in [0.15, 0.2) is 29.4 Å². The number of carbonyl (C=O) groups is 1. The second kappa shape index (κ2) is 8.48. The van der Waals surface area contributed by atoms with Crippen molar-refractivity contribution in [2.24, 2.45) is 0 Å². The Morgan fingerprint density at radius 1 is 1.12 bits per heavy atom. The van der Waals surface area contributed by atoms with Crippen molar-refractivity contribution in [1.82, 2.24) is 9.97 Å². The van der Waals surface area contributed by atoms with Crippen molar-refractivity contribution < 1.29 is 4.79 Å². The van der Waals surface area contributed by atoms with Crippen LogP contribution in [0.1, 0.15) is 55.6 Å². The first-order valence-corrected chi connectivity index (χ1v) is 9.59. The number of benzene rings is 1. The van der Waals surface area contributed by atoms with Crippen molar-refractivity contribution in [3.63, 3.8) is 0 Å². The van der Waals surface area contributed by atoms with Crippen molar-refractivity contribution >= 4 is 23.4 Å². The van der Waals surface area contributed by atoms with E-state index in [4.69, 9.17) is 0 Å². The summed E-state index contributed by atoms with van der Waals surface area (Å²) in [5.74, 6) is 0.380. The van der Waals surface area contributed by atoms with Gasteiger partial charge in [-0.15, -0.1) is 0 Å². The van der Waals surface area contributed by atoms with Gasteiger partial charge in [0.25, 0.3) is 0 Å². The molecule has 0 saturated carbocycles. The number of amides is 1. The van der Waals surface area contributed by atoms with Crippen molar-refractivity contribution in [3.05, 3.63) is 46.8 Å². The van der Waals surface area contributed by atoms with Gasteiger partial charge in [-0.1, -0.05) is 43.8 Å². The molecule has 0 aliphatic heterocycles. The van der Waals surface area contributed by atoms with Crippen LogP contribution >= 0.6 is 11.8 Å². The molecule has 0 radical (unpaired) electrons. The van der Waals surface area contributed by atoms with Crippen LogP contribution in [0.4, 0.5) is 5.69 Å². The van der Waals surface area contributed by atoms with Gasteiger partial charge in [-0.05, 0) is 57.2 Å². The van der Waals surface area contributed by atoms with E-state index in [1.54, 1.807) is 0 Å². The van der Waals surface area contributed by atoms with Crippen LogP contribution in [0.5, 0.6) is 0 Å². The van der Waals surface area contributed by atoms with Gasteiger partial charge < -0.3 is 5.32 Å². The molecule has 5 heteroatoms. The zero-order valence-corrected chi connectivity index (χ0v) is 16.7. The van der Waals surface area contributed by atoms with Gasteiger partial charge in [0.1, 0.15) is 0 Å². The average molecular weight is 358 g/mol. The molecule has 134 valence electrons. The van der Waals surface area contributed by atoms with Crippen LogP contribution in [-0.4, -0.2) is 21.1 Å². The molecule has 1 heterocycles. The van der Waals surface area contributed by atoms with E-state index >= 15 is 0 Å². The maximum atomic E-state index is 12.6. The van der Waals surface area contributed by atoms with Gasteiger partial charge in [-0.3, -0.25) is 4.79 Å². The molecule has 0 unspecified atom stereocenters. The summed E-state index contributed by atoms with van der Waals surface area (Å²) >= 11 is 1.39. The number of aromatic nitrogens is 2. The molecule has 0 aliphatic carbocycles. The SMILES string of the molecule is CC[C@@H](C)c1ccccc1NC(=O)[C@@H](C)Sc1nc(C)c(C)c(C)n1. The summed E-state index contributed by atoms with van der Waals surface area (Å²) in [6.45, 7) is 12.2. The molecule has 1 amide bonds. The Balaban J connectivity index is 2.11. The van der Waals surface area contributed by atoms with Gasteiger partial charge in [0.2, 0.25) is 5.91 Å². The quantitative estimate of drug-likeness (QED) is 0.581. The molecular weight excluding hydrogens is 330 g/mol. The predicted octanol–water partition coefficient (Wildman–Crippen LogP) is 5.03. The van der Waals surface area contributed by atoms with Crippen LogP contribution in [0.2, 0.25) is 0 Å². The number of para-hydroxylation sites is 1. The normalized spacial score (nSPS) is 13.4. The molecular formula is C20H27N3OS. The lowest BCUT2D eigenvalue weighted by Gasteiger charge is -2.17. The van der Waals surface area contributed by atoms with E-state index < -0.39 is 0 Å². The third-order valence-electron chi connectivity index (χ3n) is 4.63. The zero-order valence-electron chi connectivity index (χ0n) is 15.9. The average Bonchev–Trinajstić information content (AvgIpc) is 2.59. The molecule has 0 fully saturated rings. The fourth-order valence-electron chi connectivity index (χ4n) is 2.50. The summed E-state index contributed by atoms with van der Waals surface area (Å²) < 4.78 is 0. The molecule has 4 nitrogen and oxygen atoms in total. The van der Waals surface area contributed by atoms with Crippen molar-refractivity contribution in [2.75, 3.05) is 5.32 Å². The standard InChI is InChI=1S/C20H27N3OS/c1-7-12(2)17-10-8-9-11-18(17)23-19(24)16(6)25-20-21-14(4)13(3)15(5)22-20/h8-12,16H,7H2,1-6H3,(H,23,24)/t12-,16-/m1/s1. The van der Waals surface area contributed by atoms with E-state index in [1.165, 1.54) is 17.3 Å². The molecule has 1 aromatic carbocycles. The van der Waals surface area contributed by atoms with E-state index in [-0.39, 0.29) is 11.2 Å². The minimum atomic E-state index is -0.272. The highest BCUT2D eigenvalue weighted by atomic mass is 32.2. The molecule has 1 aromatic heterocycles. The van der Waals surface area contributed by atoms with E-state index in [2.05, 4.69) is 35.2 Å². The van der Waals surface area contributed by atoms with Crippen LogP contribution in [0.25, 0.3) is 0 Å². The number of aryl methyl sites for hydroxylation is 2. The minimum Gasteiger partial charge on any atom is -0.325 e. The maximum Gasteiger partial charge on any atom is 0.237 e. The van der Waals surface area contributed by atoms with Gasteiger partial charge >= 0.3 is 0 Å². The predicted molar refractivity (Wildman–Crippen MR) is 105 cm³/mol. The first-order chi connectivity index (χ1) is 11.8. The van der Waals surface area contributed by atoms with E-state index in [0.717, 1.165) is 29.1 Å². The highest BCUT2D eigenvalue weighted by Gasteiger charge is 2.19. The van der Waals surface area contributed by atoms with Crippen molar-refractivity contribution in [2.45, 2.75) is 64.3 Å². The lowest BCUT2D eigenvalue weighted by atomic mass is 9.97. The first-order valence-electron chi connectivity index (χ1n) is 8.71. The minimum absolute atomic E-state index is 0.0276. The van der Waals surface area contributed by atoms with Crippen LogP contribution in [0, 0.1) is 20.8 Å². The number of carbonyl (C=O) groups excluding carboxylic acids is 1. The van der Waals surface area contributed by atoms with Gasteiger partial charge in [-0.2, -0.15) is 0 Å². The second-order valence-corrected chi connectivity index (χ2v) is 7.76. The summed E-state index contributed by atoms with van der Waals surface area (Å²) in [6.07, 6.45) is 1.03. The van der Waals surface area contributed by atoms with E-state index in [9.17, 15) is 4.79 Å². The smallest absolute Gasteiger partial charge is 0.237 e. The number of nitrogens with zero attached hydrogens (tertiary/aromatic N) is 2. The molecule has 0 saturated heterocycles. The molecule has 2 atom stereocenters. The Kier molecular flexibility index (Phi) is 6.59. The number of rotatable bonds is 6. The van der Waals surface area contributed by atoms with Gasteiger partial charge in [0, 0.05) is 17.1 Å². The lowest BCUT2D eigenvalue weighted by Crippen LogP contribution is -2.23. The van der Waals surface area contributed by atoms with Crippen LogP contribution in [-0.2, 0) is 4.79 Å². The molecule has 0 bridgehead atoms. The topological polar surface area (TPSA) is 54.9 Å². The highest BCUT2D eigenvalue weighted by Crippen LogP contribution is 2.28. The first kappa shape index (κ1) is 19.4. The summed E-state index contributed by atoms with van der Waals surface area (Å²) in [5, 5.41) is 3.45. The van der Waals surface area contributed by atoms with Crippen LogP contribution in [0.3, 0.4) is 0 Å². The largest absolute Gasteiger partial charge is 0.325 e. The fraction of sp³-hybridized carbons (Fsp3) is 0.450. The third-order valence-corrected chi connectivity index (χ3v) is 5.59. The fourth-order valence-corrected chi connectivity index (χ4v) is 3.36. The number of hydrogen-bond donors (Lipinski definition) is 1. The Bertz CT molecular complexity index is 737. The van der Waals surface area contributed by atoms with Crippen molar-refractivity contribution in [1.29, 1.82) is 0 Å². The van der Waals surface area contributed by atoms with E-state index in [0.29, 0.717) is 11.1 Å². The Labute approximate surface area is 154 Å². The summed E-state index contributed by atoms with van der Waals surface area (Å²) in [4.78, 5) is 21.6.